The fourth-order valence-electron chi connectivity index (χ4n) is 0.277. The number of rotatable bonds is 2. The van der Waals surface area contributed by atoms with Gasteiger partial charge in [0.25, 0.3) is 0 Å². The minimum atomic E-state index is -1.10. The maximum Gasteiger partial charge on any atom is 0.220 e. The number of amides is 1. The van der Waals surface area contributed by atoms with Crippen molar-refractivity contribution in [2.24, 2.45) is 5.73 Å². The van der Waals surface area contributed by atoms with E-state index in [-0.39, 0.29) is 6.42 Å². The Labute approximate surface area is 41.5 Å². The van der Waals surface area contributed by atoms with Gasteiger partial charge in [0.2, 0.25) is 5.91 Å². The van der Waals surface area contributed by atoms with E-state index in [1.165, 1.54) is 6.92 Å². The molecule has 0 aliphatic carbocycles. The molecule has 0 saturated carbocycles. The Kier molecular flexibility index (Phi) is 2.33. The lowest BCUT2D eigenvalue weighted by Crippen LogP contribution is -2.14. The Morgan fingerprint density at radius 2 is 2.43 bits per heavy atom. The van der Waals surface area contributed by atoms with Gasteiger partial charge in [-0.05, 0) is 6.92 Å². The molecule has 0 saturated heterocycles. The van der Waals surface area contributed by atoms with E-state index in [0.29, 0.717) is 0 Å². The molecule has 42 valence electrons. The van der Waals surface area contributed by atoms with Gasteiger partial charge in [-0.1, -0.05) is 0 Å². The average Bonchev–Trinajstić information content (AvgIpc) is 1.27. The number of carbonyl (C=O) groups is 1. The summed E-state index contributed by atoms with van der Waals surface area (Å²) in [6.07, 6.45) is -1.27. The van der Waals surface area contributed by atoms with Crippen LogP contribution in [0.1, 0.15) is 13.3 Å². The zero-order valence-electron chi connectivity index (χ0n) is 4.15. The topological polar surface area (TPSA) is 43.1 Å². The van der Waals surface area contributed by atoms with Gasteiger partial charge in [-0.3, -0.25) is 4.79 Å². The van der Waals surface area contributed by atoms with Crippen LogP contribution in [-0.2, 0) is 4.79 Å². The molecule has 1 unspecified atom stereocenters. The summed E-state index contributed by atoms with van der Waals surface area (Å²) in [5.41, 5.74) is 4.61. The van der Waals surface area contributed by atoms with Gasteiger partial charge in [0.05, 0.1) is 6.42 Å². The molecule has 0 aromatic heterocycles. The molecule has 2 N–H and O–H groups in total. The molecule has 0 bridgehead atoms. The monoisotopic (exact) mass is 105 g/mol. The molecule has 7 heavy (non-hydrogen) atoms. The fourth-order valence-corrected chi connectivity index (χ4v) is 0.277. The molecule has 0 heterocycles. The van der Waals surface area contributed by atoms with E-state index in [1.54, 1.807) is 0 Å². The zero-order valence-corrected chi connectivity index (χ0v) is 4.15. The maximum absolute atomic E-state index is 11.7. The van der Waals surface area contributed by atoms with Crippen molar-refractivity contribution < 1.29 is 9.18 Å². The molecule has 3 heteroatoms. The highest BCUT2D eigenvalue weighted by Gasteiger charge is 2.00. The zero-order chi connectivity index (χ0) is 5.86. The van der Waals surface area contributed by atoms with Crippen LogP contribution in [0.2, 0.25) is 0 Å². The maximum atomic E-state index is 11.7. The summed E-state index contributed by atoms with van der Waals surface area (Å²) in [6, 6.07) is 0. The number of nitrogens with two attached hydrogens (primary N) is 1. The van der Waals surface area contributed by atoms with E-state index < -0.39 is 12.1 Å². The van der Waals surface area contributed by atoms with Crippen molar-refractivity contribution in [3.63, 3.8) is 0 Å². The lowest BCUT2D eigenvalue weighted by atomic mass is 10.3. The van der Waals surface area contributed by atoms with Crippen LogP contribution in [0.5, 0.6) is 0 Å². The number of hydrogen-bond donors (Lipinski definition) is 1. The highest BCUT2D eigenvalue weighted by atomic mass is 19.1. The summed E-state index contributed by atoms with van der Waals surface area (Å²) in [5.74, 6) is -0.588. The lowest BCUT2D eigenvalue weighted by Gasteiger charge is -1.91. The Balaban J connectivity index is 3.13. The molecule has 0 aliphatic heterocycles. The van der Waals surface area contributed by atoms with E-state index in [0.717, 1.165) is 0 Å². The van der Waals surface area contributed by atoms with Crippen molar-refractivity contribution >= 4 is 5.91 Å². The first-order valence-corrected chi connectivity index (χ1v) is 2.05. The molecular weight excluding hydrogens is 97.0 g/mol. The number of carbonyl (C=O) groups excluding carboxylic acids is 1. The summed E-state index contributed by atoms with van der Waals surface area (Å²) in [5, 5.41) is 0. The summed E-state index contributed by atoms with van der Waals surface area (Å²) < 4.78 is 11.7. The molecule has 0 aliphatic rings. The van der Waals surface area contributed by atoms with Gasteiger partial charge in [0, 0.05) is 0 Å². The fraction of sp³-hybridized carbons (Fsp3) is 0.750. The lowest BCUT2D eigenvalue weighted by molar-refractivity contribution is -0.118. The largest absolute Gasteiger partial charge is 0.370 e. The van der Waals surface area contributed by atoms with Gasteiger partial charge < -0.3 is 5.73 Å². The number of alkyl halides is 1. The van der Waals surface area contributed by atoms with E-state index >= 15 is 0 Å². The van der Waals surface area contributed by atoms with Crippen molar-refractivity contribution in [2.45, 2.75) is 19.5 Å². The molecule has 0 fully saturated rings. The van der Waals surface area contributed by atoms with Crippen LogP contribution in [0, 0.1) is 0 Å². The van der Waals surface area contributed by atoms with Gasteiger partial charge in [-0.15, -0.1) is 0 Å². The second kappa shape index (κ2) is 2.55. The van der Waals surface area contributed by atoms with E-state index in [4.69, 9.17) is 0 Å². The molecule has 0 spiro atoms. The third kappa shape index (κ3) is 5.40. The smallest absolute Gasteiger partial charge is 0.220 e. The SMILES string of the molecule is CC(F)CC(N)=O. The first kappa shape index (κ1) is 6.40. The van der Waals surface area contributed by atoms with Crippen LogP contribution < -0.4 is 5.73 Å². The Hall–Kier alpha value is -0.600. The van der Waals surface area contributed by atoms with Crippen molar-refractivity contribution in [1.82, 2.24) is 0 Å². The molecular formula is C4H8FNO. The van der Waals surface area contributed by atoms with Crippen LogP contribution in [0.3, 0.4) is 0 Å². The highest BCUT2D eigenvalue weighted by Crippen LogP contribution is 1.91. The van der Waals surface area contributed by atoms with Gasteiger partial charge in [0.1, 0.15) is 6.17 Å². The minimum absolute atomic E-state index is 0.167. The molecule has 0 rings (SSSR count). The molecule has 0 aromatic carbocycles. The average molecular weight is 105 g/mol. The van der Waals surface area contributed by atoms with Crippen LogP contribution in [0.25, 0.3) is 0 Å². The van der Waals surface area contributed by atoms with E-state index in [2.05, 4.69) is 5.73 Å². The molecule has 1 atom stereocenters. The minimum Gasteiger partial charge on any atom is -0.370 e. The third-order valence-corrected chi connectivity index (χ3v) is 0.482. The van der Waals surface area contributed by atoms with Crippen LogP contribution in [-0.4, -0.2) is 12.1 Å². The first-order valence-electron chi connectivity index (χ1n) is 2.05. The second-order valence-corrected chi connectivity index (χ2v) is 1.45. The van der Waals surface area contributed by atoms with Crippen molar-refractivity contribution in [3.05, 3.63) is 0 Å². The van der Waals surface area contributed by atoms with Gasteiger partial charge in [-0.25, -0.2) is 4.39 Å². The van der Waals surface area contributed by atoms with E-state index in [1.807, 2.05) is 0 Å². The number of primary amides is 1. The Morgan fingerprint density at radius 1 is 2.00 bits per heavy atom. The van der Waals surface area contributed by atoms with Crippen molar-refractivity contribution in [2.75, 3.05) is 0 Å². The van der Waals surface area contributed by atoms with Gasteiger partial charge in [0.15, 0.2) is 0 Å². The third-order valence-electron chi connectivity index (χ3n) is 0.482. The van der Waals surface area contributed by atoms with E-state index in [9.17, 15) is 9.18 Å². The second-order valence-electron chi connectivity index (χ2n) is 1.45. The van der Waals surface area contributed by atoms with Crippen molar-refractivity contribution in [1.29, 1.82) is 0 Å². The standard InChI is InChI=1S/C4H8FNO/c1-3(5)2-4(6)7/h3H,2H2,1H3,(H2,6,7). The van der Waals surface area contributed by atoms with Gasteiger partial charge in [-0.2, -0.15) is 0 Å². The summed E-state index contributed by atoms with van der Waals surface area (Å²) in [7, 11) is 0. The van der Waals surface area contributed by atoms with Crippen LogP contribution in [0.15, 0.2) is 0 Å². The highest BCUT2D eigenvalue weighted by molar-refractivity contribution is 5.74. The van der Waals surface area contributed by atoms with Crippen molar-refractivity contribution in [3.8, 4) is 0 Å². The predicted octanol–water partition coefficient (Wildman–Crippen LogP) is 0.220. The summed E-state index contributed by atoms with van der Waals surface area (Å²) >= 11 is 0. The Morgan fingerprint density at radius 3 is 2.43 bits per heavy atom. The van der Waals surface area contributed by atoms with Crippen LogP contribution in [0.4, 0.5) is 4.39 Å². The molecule has 1 amide bonds. The summed E-state index contributed by atoms with van der Waals surface area (Å²) in [6.45, 7) is 1.30. The molecule has 2 nitrogen and oxygen atoms in total. The molecule has 0 aromatic rings. The van der Waals surface area contributed by atoms with Gasteiger partial charge >= 0.3 is 0 Å². The van der Waals surface area contributed by atoms with Crippen LogP contribution >= 0.6 is 0 Å². The predicted molar refractivity (Wildman–Crippen MR) is 24.4 cm³/mol. The first-order chi connectivity index (χ1) is 3.13. The number of halogens is 1. The Bertz CT molecular complexity index is 72.1. The quantitative estimate of drug-likeness (QED) is 0.536. The molecule has 0 radical (unpaired) electrons. The number of hydrogen-bond acceptors (Lipinski definition) is 1. The normalized spacial score (nSPS) is 13.4. The summed E-state index contributed by atoms with van der Waals surface area (Å²) in [4.78, 5) is 9.79.